The zero-order valence-electron chi connectivity index (χ0n) is 10.5. The van der Waals surface area contributed by atoms with Crippen LogP contribution in [0.1, 0.15) is 11.4 Å². The van der Waals surface area contributed by atoms with Gasteiger partial charge in [-0.25, -0.2) is 4.98 Å². The summed E-state index contributed by atoms with van der Waals surface area (Å²) in [7, 11) is 0. The molecule has 0 saturated heterocycles. The Morgan fingerprint density at radius 2 is 2.10 bits per heavy atom. The number of nitrogens with one attached hydrogen (secondary N) is 2. The maximum absolute atomic E-state index is 12.0. The second-order valence-corrected chi connectivity index (χ2v) is 5.60. The van der Waals surface area contributed by atoms with Crippen LogP contribution in [-0.2, 0) is 6.42 Å². The lowest BCUT2D eigenvalue weighted by molar-refractivity contribution is 0.981. The molecule has 5 heteroatoms. The quantitative estimate of drug-likeness (QED) is 0.593. The van der Waals surface area contributed by atoms with Gasteiger partial charge in [-0.1, -0.05) is 18.2 Å². The lowest BCUT2D eigenvalue weighted by Gasteiger charge is -2.00. The minimum absolute atomic E-state index is 0.0557. The average Bonchev–Trinajstić information content (AvgIpc) is 3.07. The predicted octanol–water partition coefficient (Wildman–Crippen LogP) is 3.06. The first kappa shape index (κ1) is 11.4. The highest BCUT2D eigenvalue weighted by Gasteiger charge is 2.08. The largest absolute Gasteiger partial charge is 0.361 e. The molecule has 3 heterocycles. The molecular formula is C15H11N3OS. The van der Waals surface area contributed by atoms with Crippen LogP contribution in [0.2, 0.25) is 0 Å². The molecule has 4 rings (SSSR count). The third kappa shape index (κ3) is 1.75. The predicted molar refractivity (Wildman–Crippen MR) is 81.3 cm³/mol. The van der Waals surface area contributed by atoms with E-state index < -0.39 is 0 Å². The molecule has 98 valence electrons. The number of hydrogen-bond donors (Lipinski definition) is 2. The number of H-pyrrole nitrogens is 2. The third-order valence-electron chi connectivity index (χ3n) is 3.40. The van der Waals surface area contributed by atoms with Crippen molar-refractivity contribution >= 4 is 32.5 Å². The highest BCUT2D eigenvalue weighted by Crippen LogP contribution is 2.20. The lowest BCUT2D eigenvalue weighted by atomic mass is 10.1. The molecule has 3 aromatic heterocycles. The van der Waals surface area contributed by atoms with Gasteiger partial charge in [0.1, 0.15) is 10.5 Å². The summed E-state index contributed by atoms with van der Waals surface area (Å²) in [6.07, 6.45) is 2.59. The first-order chi connectivity index (χ1) is 9.81. The summed E-state index contributed by atoms with van der Waals surface area (Å²) < 4.78 is 0.688. The van der Waals surface area contributed by atoms with Crippen molar-refractivity contribution in [2.24, 2.45) is 0 Å². The smallest absolute Gasteiger partial charge is 0.268 e. The van der Waals surface area contributed by atoms with Gasteiger partial charge in [0.25, 0.3) is 5.56 Å². The molecule has 0 radical (unpaired) electrons. The first-order valence-corrected chi connectivity index (χ1v) is 7.20. The zero-order chi connectivity index (χ0) is 13.5. The second kappa shape index (κ2) is 4.31. The van der Waals surface area contributed by atoms with E-state index in [9.17, 15) is 4.79 Å². The molecule has 0 aliphatic carbocycles. The molecule has 4 aromatic rings. The molecule has 0 bridgehead atoms. The van der Waals surface area contributed by atoms with Crippen LogP contribution >= 0.6 is 11.3 Å². The summed E-state index contributed by atoms with van der Waals surface area (Å²) in [5.41, 5.74) is 2.95. The SMILES string of the molecule is O=c1[nH]c(Cc2c[nH]c3ccccc23)nc2ccsc12. The maximum atomic E-state index is 12.0. The molecule has 2 N–H and O–H groups in total. The fourth-order valence-electron chi connectivity index (χ4n) is 2.46. The Bertz CT molecular complexity index is 964. The molecular weight excluding hydrogens is 270 g/mol. The molecule has 0 saturated carbocycles. The molecule has 0 spiro atoms. The van der Waals surface area contributed by atoms with E-state index in [2.05, 4.69) is 21.0 Å². The van der Waals surface area contributed by atoms with Crippen LogP contribution in [0.15, 0.2) is 46.7 Å². The van der Waals surface area contributed by atoms with Crippen molar-refractivity contribution in [1.29, 1.82) is 0 Å². The van der Waals surface area contributed by atoms with Gasteiger partial charge in [-0.3, -0.25) is 4.79 Å². The molecule has 4 nitrogen and oxygen atoms in total. The second-order valence-electron chi connectivity index (χ2n) is 4.68. The number of para-hydroxylation sites is 1. The van der Waals surface area contributed by atoms with Crippen molar-refractivity contribution < 1.29 is 0 Å². The van der Waals surface area contributed by atoms with Gasteiger partial charge < -0.3 is 9.97 Å². The molecule has 20 heavy (non-hydrogen) atoms. The van der Waals surface area contributed by atoms with Crippen molar-refractivity contribution in [1.82, 2.24) is 15.0 Å². The molecule has 0 amide bonds. The van der Waals surface area contributed by atoms with Crippen LogP contribution in [-0.4, -0.2) is 15.0 Å². The summed E-state index contributed by atoms with van der Waals surface area (Å²) in [6.45, 7) is 0. The Balaban J connectivity index is 1.82. The van der Waals surface area contributed by atoms with Crippen LogP contribution in [0.5, 0.6) is 0 Å². The Morgan fingerprint density at radius 3 is 3.05 bits per heavy atom. The number of nitrogens with zero attached hydrogens (tertiary/aromatic N) is 1. The van der Waals surface area contributed by atoms with Gasteiger partial charge in [0.05, 0.1) is 5.52 Å². The zero-order valence-corrected chi connectivity index (χ0v) is 11.3. The Hall–Kier alpha value is -2.40. The summed E-state index contributed by atoms with van der Waals surface area (Å²) in [6, 6.07) is 10.0. The van der Waals surface area contributed by atoms with Gasteiger partial charge >= 0.3 is 0 Å². The molecule has 0 aliphatic rings. The van der Waals surface area contributed by atoms with Crippen LogP contribution in [0.4, 0.5) is 0 Å². The topological polar surface area (TPSA) is 61.5 Å². The van der Waals surface area contributed by atoms with E-state index in [0.29, 0.717) is 16.9 Å². The number of aromatic nitrogens is 3. The monoisotopic (exact) mass is 281 g/mol. The highest BCUT2D eigenvalue weighted by molar-refractivity contribution is 7.17. The fourth-order valence-corrected chi connectivity index (χ4v) is 3.19. The van der Waals surface area contributed by atoms with Gasteiger partial charge in [-0.2, -0.15) is 0 Å². The van der Waals surface area contributed by atoms with Crippen LogP contribution < -0.4 is 5.56 Å². The van der Waals surface area contributed by atoms with E-state index in [4.69, 9.17) is 0 Å². The third-order valence-corrected chi connectivity index (χ3v) is 4.30. The lowest BCUT2D eigenvalue weighted by Crippen LogP contribution is -2.10. The summed E-state index contributed by atoms with van der Waals surface area (Å²) >= 11 is 1.42. The Labute approximate surface area is 118 Å². The van der Waals surface area contributed by atoms with E-state index in [1.165, 1.54) is 16.7 Å². The minimum atomic E-state index is -0.0557. The first-order valence-electron chi connectivity index (χ1n) is 6.32. The summed E-state index contributed by atoms with van der Waals surface area (Å²) in [5.74, 6) is 0.700. The van der Waals surface area contributed by atoms with Crippen molar-refractivity contribution in [2.45, 2.75) is 6.42 Å². The van der Waals surface area contributed by atoms with Crippen LogP contribution in [0, 0.1) is 0 Å². The Kier molecular flexibility index (Phi) is 2.47. The number of hydrogen-bond acceptors (Lipinski definition) is 3. The maximum Gasteiger partial charge on any atom is 0.268 e. The van der Waals surface area contributed by atoms with E-state index in [1.54, 1.807) is 0 Å². The normalized spacial score (nSPS) is 11.4. The molecule has 0 aliphatic heterocycles. The fraction of sp³-hybridized carbons (Fsp3) is 0.0667. The average molecular weight is 281 g/mol. The van der Waals surface area contributed by atoms with E-state index >= 15 is 0 Å². The highest BCUT2D eigenvalue weighted by atomic mass is 32.1. The van der Waals surface area contributed by atoms with Gasteiger partial charge in [0.2, 0.25) is 0 Å². The van der Waals surface area contributed by atoms with Crippen molar-refractivity contribution in [3.63, 3.8) is 0 Å². The van der Waals surface area contributed by atoms with Crippen molar-refractivity contribution in [2.75, 3.05) is 0 Å². The summed E-state index contributed by atoms with van der Waals surface area (Å²) in [5, 5.41) is 3.06. The number of thiophene rings is 1. The molecule has 0 fully saturated rings. The van der Waals surface area contributed by atoms with E-state index in [0.717, 1.165) is 16.6 Å². The van der Waals surface area contributed by atoms with Gasteiger partial charge in [0, 0.05) is 23.5 Å². The summed E-state index contributed by atoms with van der Waals surface area (Å²) in [4.78, 5) is 22.6. The van der Waals surface area contributed by atoms with E-state index in [-0.39, 0.29) is 5.56 Å². The molecule has 0 unspecified atom stereocenters. The standard InChI is InChI=1S/C15H11N3OS/c19-15-14-12(5-6-20-14)17-13(18-15)7-9-8-16-11-4-2-1-3-10(9)11/h1-6,8,16H,7H2,(H,17,18,19). The van der Waals surface area contributed by atoms with Crippen LogP contribution in [0.25, 0.3) is 21.1 Å². The van der Waals surface area contributed by atoms with E-state index in [1.807, 2.05) is 35.8 Å². The van der Waals surface area contributed by atoms with Crippen LogP contribution in [0.3, 0.4) is 0 Å². The van der Waals surface area contributed by atoms with Crippen molar-refractivity contribution in [3.8, 4) is 0 Å². The van der Waals surface area contributed by atoms with Gasteiger partial charge in [-0.05, 0) is 23.1 Å². The molecule has 1 aromatic carbocycles. The van der Waals surface area contributed by atoms with Gasteiger partial charge in [-0.15, -0.1) is 11.3 Å². The minimum Gasteiger partial charge on any atom is -0.361 e. The number of fused-ring (bicyclic) bond motifs is 2. The molecule has 0 atom stereocenters. The number of benzene rings is 1. The van der Waals surface area contributed by atoms with Crippen molar-refractivity contribution in [3.05, 3.63) is 63.7 Å². The number of aromatic amines is 2. The number of rotatable bonds is 2. The van der Waals surface area contributed by atoms with Gasteiger partial charge in [0.15, 0.2) is 0 Å². The Morgan fingerprint density at radius 1 is 1.20 bits per heavy atom.